The van der Waals surface area contributed by atoms with E-state index < -0.39 is 0 Å². The molecule has 4 rings (SSSR count). The Labute approximate surface area is 144 Å². The molecule has 0 aliphatic carbocycles. The van der Waals surface area contributed by atoms with Crippen molar-refractivity contribution in [2.24, 2.45) is 4.99 Å². The Bertz CT molecular complexity index is 732. The van der Waals surface area contributed by atoms with Crippen LogP contribution in [-0.4, -0.2) is 34.3 Å². The van der Waals surface area contributed by atoms with Gasteiger partial charge in [0, 0.05) is 18.1 Å². The van der Waals surface area contributed by atoms with Crippen molar-refractivity contribution in [1.82, 2.24) is 15.3 Å². The van der Waals surface area contributed by atoms with Gasteiger partial charge in [-0.1, -0.05) is 21.6 Å². The van der Waals surface area contributed by atoms with Gasteiger partial charge in [0.2, 0.25) is 0 Å². The van der Waals surface area contributed by atoms with Gasteiger partial charge in [0.1, 0.15) is 5.52 Å². The minimum absolute atomic E-state index is 0.349. The van der Waals surface area contributed by atoms with Crippen LogP contribution in [-0.2, 0) is 0 Å². The zero-order valence-corrected chi connectivity index (χ0v) is 14.8. The molecule has 3 heterocycles. The number of aliphatic imine (C=N–C) groups is 1. The zero-order valence-electron chi connectivity index (χ0n) is 11.5. The maximum atomic E-state index is 4.57. The van der Waals surface area contributed by atoms with E-state index in [1.54, 1.807) is 12.4 Å². The first-order valence-corrected chi connectivity index (χ1v) is 10.0. The van der Waals surface area contributed by atoms with E-state index in [4.69, 9.17) is 0 Å². The molecule has 113 valence electrons. The number of fused-ring (bicyclic) bond motifs is 1. The fourth-order valence-corrected chi connectivity index (χ4v) is 5.65. The van der Waals surface area contributed by atoms with Crippen molar-refractivity contribution < 1.29 is 0 Å². The first-order chi connectivity index (χ1) is 10.8. The quantitative estimate of drug-likeness (QED) is 0.760. The number of benzene rings is 1. The van der Waals surface area contributed by atoms with Gasteiger partial charge in [-0.3, -0.25) is 15.0 Å². The highest BCUT2D eigenvalue weighted by atomic mass is 79.9. The molecule has 1 aromatic carbocycles. The van der Waals surface area contributed by atoms with E-state index in [0.717, 1.165) is 33.7 Å². The van der Waals surface area contributed by atoms with Crippen LogP contribution in [0.5, 0.6) is 0 Å². The summed E-state index contributed by atoms with van der Waals surface area (Å²) in [5, 5.41) is 8.31. The van der Waals surface area contributed by atoms with Crippen molar-refractivity contribution in [2.75, 3.05) is 17.6 Å². The van der Waals surface area contributed by atoms with E-state index >= 15 is 0 Å². The molecular formula is C14H13BrN5S2. The summed E-state index contributed by atoms with van der Waals surface area (Å²) in [4.78, 5) is 13.3. The maximum absolute atomic E-state index is 4.57. The lowest BCUT2D eigenvalue weighted by atomic mass is 10.2. The monoisotopic (exact) mass is 394 g/mol. The molecule has 22 heavy (non-hydrogen) atoms. The summed E-state index contributed by atoms with van der Waals surface area (Å²) in [5.41, 5.74) is 2.66. The van der Waals surface area contributed by atoms with Crippen molar-refractivity contribution >= 4 is 60.2 Å². The molecule has 8 heteroatoms. The molecule has 0 amide bonds. The molecule has 2 aliphatic heterocycles. The SMILES string of the molecule is Brc1c(NC2=NCC([C]3CCSS3)N2)ccc2nccnc12. The molecule has 0 spiro atoms. The highest BCUT2D eigenvalue weighted by Gasteiger charge is 2.31. The Hall–Kier alpha value is -0.990. The van der Waals surface area contributed by atoms with Gasteiger partial charge in [-0.05, 0) is 34.5 Å². The van der Waals surface area contributed by atoms with E-state index in [1.165, 1.54) is 17.4 Å². The molecule has 2 aromatic rings. The van der Waals surface area contributed by atoms with Crippen LogP contribution in [0.25, 0.3) is 11.0 Å². The lowest BCUT2D eigenvalue weighted by Gasteiger charge is -2.17. The summed E-state index contributed by atoms with van der Waals surface area (Å²) >= 11 is 3.61. The second kappa shape index (κ2) is 6.25. The van der Waals surface area contributed by atoms with Crippen LogP contribution in [0, 0.1) is 5.25 Å². The number of hydrogen-bond acceptors (Lipinski definition) is 7. The zero-order chi connectivity index (χ0) is 14.9. The average Bonchev–Trinajstić information content (AvgIpc) is 3.21. The fraction of sp³-hybridized carbons (Fsp3) is 0.286. The summed E-state index contributed by atoms with van der Waals surface area (Å²) < 4.78 is 0.907. The van der Waals surface area contributed by atoms with E-state index in [0.29, 0.717) is 6.04 Å². The van der Waals surface area contributed by atoms with Crippen LogP contribution >= 0.6 is 37.5 Å². The minimum atomic E-state index is 0.349. The van der Waals surface area contributed by atoms with E-state index in [9.17, 15) is 0 Å². The topological polar surface area (TPSA) is 62.2 Å². The summed E-state index contributed by atoms with van der Waals surface area (Å²) in [6, 6.07) is 4.30. The van der Waals surface area contributed by atoms with Gasteiger partial charge >= 0.3 is 0 Å². The number of rotatable bonds is 2. The third-order valence-electron chi connectivity index (χ3n) is 3.56. The summed E-state index contributed by atoms with van der Waals surface area (Å²) in [7, 11) is 3.82. The molecule has 1 saturated heterocycles. The molecule has 1 fully saturated rings. The number of nitrogens with zero attached hydrogens (tertiary/aromatic N) is 3. The predicted molar refractivity (Wildman–Crippen MR) is 98.0 cm³/mol. The largest absolute Gasteiger partial charge is 0.350 e. The molecule has 0 saturated carbocycles. The van der Waals surface area contributed by atoms with Gasteiger partial charge in [0.05, 0.1) is 33.5 Å². The van der Waals surface area contributed by atoms with Gasteiger partial charge in [0.15, 0.2) is 5.96 Å². The lowest BCUT2D eigenvalue weighted by molar-refractivity contribution is 0.701. The number of aromatic nitrogens is 2. The molecule has 1 aromatic heterocycles. The smallest absolute Gasteiger partial charge is 0.196 e. The van der Waals surface area contributed by atoms with Crippen molar-refractivity contribution in [1.29, 1.82) is 0 Å². The van der Waals surface area contributed by atoms with Crippen LogP contribution in [0.15, 0.2) is 34.0 Å². The van der Waals surface area contributed by atoms with Crippen molar-refractivity contribution in [2.45, 2.75) is 12.5 Å². The highest BCUT2D eigenvalue weighted by molar-refractivity contribution is 9.10. The highest BCUT2D eigenvalue weighted by Crippen LogP contribution is 2.45. The molecule has 0 bridgehead atoms. The molecule has 2 N–H and O–H groups in total. The molecule has 1 unspecified atom stereocenters. The van der Waals surface area contributed by atoms with Crippen LogP contribution in [0.3, 0.4) is 0 Å². The lowest BCUT2D eigenvalue weighted by Crippen LogP contribution is -2.37. The molecule has 1 radical (unpaired) electrons. The van der Waals surface area contributed by atoms with E-state index in [1.807, 2.05) is 33.7 Å². The van der Waals surface area contributed by atoms with Gasteiger partial charge in [0.25, 0.3) is 0 Å². The third kappa shape index (κ3) is 2.79. The molecular weight excluding hydrogens is 382 g/mol. The predicted octanol–water partition coefficient (Wildman–Crippen LogP) is 3.45. The second-order valence-corrected chi connectivity index (χ2v) is 8.32. The Morgan fingerprint density at radius 2 is 2.18 bits per heavy atom. The van der Waals surface area contributed by atoms with Crippen LogP contribution < -0.4 is 10.6 Å². The van der Waals surface area contributed by atoms with Crippen LogP contribution in [0.2, 0.25) is 0 Å². The summed E-state index contributed by atoms with van der Waals surface area (Å²) in [6.45, 7) is 0.802. The van der Waals surface area contributed by atoms with Gasteiger partial charge < -0.3 is 10.6 Å². The second-order valence-electron chi connectivity index (χ2n) is 4.98. The standard InChI is InChI=1S/C14H13BrN5S2/c15-12-8(1-2-9-13(12)17-5-4-16-9)19-14-18-7-10(20-14)11-3-6-21-22-11/h1-2,4-5,10H,3,6-7H2,(H2,18,19,20). The fourth-order valence-electron chi connectivity index (χ4n) is 2.46. The van der Waals surface area contributed by atoms with Crippen LogP contribution in [0.4, 0.5) is 5.69 Å². The molecule has 2 aliphatic rings. The summed E-state index contributed by atoms with van der Waals surface area (Å²) in [6.07, 6.45) is 4.57. The molecule has 1 atom stereocenters. The molecule has 5 nitrogen and oxygen atoms in total. The minimum Gasteiger partial charge on any atom is -0.350 e. The first-order valence-electron chi connectivity index (χ1n) is 6.94. The van der Waals surface area contributed by atoms with Crippen molar-refractivity contribution in [3.05, 3.63) is 34.2 Å². The Balaban J connectivity index is 1.51. The Morgan fingerprint density at radius 1 is 1.27 bits per heavy atom. The number of hydrogen-bond donors (Lipinski definition) is 2. The van der Waals surface area contributed by atoms with Crippen molar-refractivity contribution in [3.8, 4) is 0 Å². The van der Waals surface area contributed by atoms with Gasteiger partial charge in [-0.25, -0.2) is 0 Å². The van der Waals surface area contributed by atoms with Crippen LogP contribution in [0.1, 0.15) is 6.42 Å². The Morgan fingerprint density at radius 3 is 3.05 bits per heavy atom. The number of anilines is 1. The summed E-state index contributed by atoms with van der Waals surface area (Å²) in [5.74, 6) is 2.02. The van der Waals surface area contributed by atoms with E-state index in [-0.39, 0.29) is 0 Å². The third-order valence-corrected chi connectivity index (χ3v) is 7.05. The maximum Gasteiger partial charge on any atom is 0.196 e. The van der Waals surface area contributed by atoms with Gasteiger partial charge in [-0.15, -0.1) is 0 Å². The van der Waals surface area contributed by atoms with E-state index in [2.05, 4.69) is 41.5 Å². The number of guanidine groups is 1. The van der Waals surface area contributed by atoms with Crippen molar-refractivity contribution in [3.63, 3.8) is 0 Å². The average molecular weight is 395 g/mol. The number of nitrogens with one attached hydrogen (secondary N) is 2. The normalized spacial score (nSPS) is 21.9. The first kappa shape index (κ1) is 14.6. The van der Waals surface area contributed by atoms with Gasteiger partial charge in [-0.2, -0.15) is 0 Å². The Kier molecular flexibility index (Phi) is 4.15. The number of halogens is 1.